The van der Waals surface area contributed by atoms with Crippen LogP contribution in [0.4, 0.5) is 0 Å². The lowest BCUT2D eigenvalue weighted by molar-refractivity contribution is -0.121. The fraction of sp³-hybridized carbons (Fsp3) is 1.00. The molecule has 2 aliphatic carbocycles. The minimum absolute atomic E-state index is 0.446. The maximum Gasteiger partial charge on any atom is 0.0704 e. The molecule has 2 fully saturated rings. The summed E-state index contributed by atoms with van der Waals surface area (Å²) in [7, 11) is 0. The number of hydrogen-bond donors (Lipinski definition) is 0. The van der Waals surface area contributed by atoms with Gasteiger partial charge >= 0.3 is 0 Å². The van der Waals surface area contributed by atoms with Crippen LogP contribution < -0.4 is 0 Å². The molecule has 0 heterocycles. The van der Waals surface area contributed by atoms with Gasteiger partial charge in [0.25, 0.3) is 0 Å². The first-order valence-electron chi connectivity index (χ1n) is 7.63. The van der Waals surface area contributed by atoms with Gasteiger partial charge in [0.1, 0.15) is 0 Å². The molecular weight excluding hydrogens is 292 g/mol. The normalized spacial score (nSPS) is 31.0. The zero-order valence-corrected chi connectivity index (χ0v) is 13.2. The van der Waals surface area contributed by atoms with E-state index in [9.17, 15) is 0 Å². The van der Waals surface area contributed by atoms with Gasteiger partial charge in [-0.05, 0) is 25.7 Å². The van der Waals surface area contributed by atoms with E-state index in [0.717, 1.165) is 26.2 Å². The van der Waals surface area contributed by atoms with Gasteiger partial charge in [0.15, 0.2) is 0 Å². The molecule has 0 saturated heterocycles. The minimum Gasteiger partial charge on any atom is -0.379 e. The number of halogens is 1. The smallest absolute Gasteiger partial charge is 0.0704 e. The third kappa shape index (κ3) is 3.29. The van der Waals surface area contributed by atoms with E-state index in [4.69, 9.17) is 9.47 Å². The Morgan fingerprint density at radius 1 is 1.06 bits per heavy atom. The summed E-state index contributed by atoms with van der Waals surface area (Å²) in [4.78, 5) is 0.685. The van der Waals surface area contributed by atoms with Gasteiger partial charge in [-0.2, -0.15) is 0 Å². The lowest BCUT2D eigenvalue weighted by Gasteiger charge is -2.53. The van der Waals surface area contributed by atoms with Gasteiger partial charge in [0, 0.05) is 16.8 Å². The number of hydrogen-bond acceptors (Lipinski definition) is 2. The summed E-state index contributed by atoms with van der Waals surface area (Å²) in [5.74, 6) is 0. The Kier molecular flexibility index (Phi) is 5.96. The first-order chi connectivity index (χ1) is 8.79. The molecule has 2 nitrogen and oxygen atoms in total. The van der Waals surface area contributed by atoms with Crippen LogP contribution in [0.5, 0.6) is 0 Å². The monoisotopic (exact) mass is 318 g/mol. The molecule has 1 spiro atoms. The first-order valence-corrected chi connectivity index (χ1v) is 8.54. The van der Waals surface area contributed by atoms with Crippen molar-refractivity contribution in [3.05, 3.63) is 0 Å². The van der Waals surface area contributed by atoms with Crippen molar-refractivity contribution in [1.82, 2.24) is 0 Å². The molecule has 2 rings (SSSR count). The van der Waals surface area contributed by atoms with Crippen LogP contribution in [0.1, 0.15) is 58.3 Å². The highest BCUT2D eigenvalue weighted by Crippen LogP contribution is 2.55. The molecular formula is C15H27BrO2. The Balaban J connectivity index is 1.74. The summed E-state index contributed by atoms with van der Waals surface area (Å²) in [5, 5.41) is 0. The lowest BCUT2D eigenvalue weighted by atomic mass is 9.61. The van der Waals surface area contributed by atoms with Crippen LogP contribution in [0.25, 0.3) is 0 Å². The van der Waals surface area contributed by atoms with Gasteiger partial charge in [0.2, 0.25) is 0 Å². The molecule has 2 unspecified atom stereocenters. The molecule has 0 aromatic rings. The highest BCUT2D eigenvalue weighted by Gasteiger charge is 2.53. The molecule has 18 heavy (non-hydrogen) atoms. The molecule has 0 aliphatic heterocycles. The molecule has 0 aromatic heterocycles. The second-order valence-electron chi connectivity index (χ2n) is 5.82. The molecule has 3 heteroatoms. The Bertz CT molecular complexity index is 237. The van der Waals surface area contributed by atoms with E-state index in [0.29, 0.717) is 16.3 Å². The van der Waals surface area contributed by atoms with E-state index in [-0.39, 0.29) is 0 Å². The van der Waals surface area contributed by atoms with Crippen LogP contribution in [0.2, 0.25) is 0 Å². The summed E-state index contributed by atoms with van der Waals surface area (Å²) in [6, 6.07) is 0. The van der Waals surface area contributed by atoms with Gasteiger partial charge in [-0.15, -0.1) is 0 Å². The Hall–Kier alpha value is 0.400. The van der Waals surface area contributed by atoms with Gasteiger partial charge in [0.05, 0.1) is 19.3 Å². The molecule has 0 N–H and O–H groups in total. The average molecular weight is 319 g/mol. The minimum atomic E-state index is 0.446. The van der Waals surface area contributed by atoms with Crippen molar-refractivity contribution < 1.29 is 9.47 Å². The van der Waals surface area contributed by atoms with E-state index in [2.05, 4.69) is 22.9 Å². The highest BCUT2D eigenvalue weighted by molar-refractivity contribution is 9.09. The molecule has 0 radical (unpaired) electrons. The Labute approximate surface area is 120 Å². The second-order valence-corrected chi connectivity index (χ2v) is 6.93. The Morgan fingerprint density at radius 3 is 2.39 bits per heavy atom. The average Bonchev–Trinajstić information content (AvgIpc) is 2.65. The van der Waals surface area contributed by atoms with Gasteiger partial charge in [-0.1, -0.05) is 48.5 Å². The first kappa shape index (κ1) is 14.8. The second kappa shape index (κ2) is 7.25. The number of ether oxygens (including phenoxy) is 2. The molecule has 0 aromatic carbocycles. The summed E-state index contributed by atoms with van der Waals surface area (Å²) in [5.41, 5.74) is 0.446. The largest absolute Gasteiger partial charge is 0.379 e. The summed E-state index contributed by atoms with van der Waals surface area (Å²) < 4.78 is 11.6. The van der Waals surface area contributed by atoms with Crippen molar-refractivity contribution in [2.24, 2.45) is 5.41 Å². The molecule has 2 atom stereocenters. The van der Waals surface area contributed by atoms with Gasteiger partial charge in [-0.25, -0.2) is 0 Å². The molecule has 0 bridgehead atoms. The van der Waals surface area contributed by atoms with E-state index >= 15 is 0 Å². The van der Waals surface area contributed by atoms with Crippen molar-refractivity contribution in [3.63, 3.8) is 0 Å². The predicted molar refractivity (Wildman–Crippen MR) is 78.3 cm³/mol. The van der Waals surface area contributed by atoms with Crippen LogP contribution >= 0.6 is 15.9 Å². The quantitative estimate of drug-likeness (QED) is 0.537. The van der Waals surface area contributed by atoms with Crippen molar-refractivity contribution in [2.45, 2.75) is 69.2 Å². The third-order valence-electron chi connectivity index (χ3n) is 4.62. The number of alkyl halides is 1. The molecule has 106 valence electrons. The standard InChI is InChI=1S/C15H27BrO2/c1-2-9-17-10-11-18-14-12-13(16)15(14)7-5-3-4-6-8-15/h13-14H,2-12H2,1H3. The Morgan fingerprint density at radius 2 is 1.78 bits per heavy atom. The predicted octanol–water partition coefficient (Wildman–Crippen LogP) is 4.31. The van der Waals surface area contributed by atoms with Crippen molar-refractivity contribution in [2.75, 3.05) is 19.8 Å². The fourth-order valence-corrected chi connectivity index (χ4v) is 4.54. The van der Waals surface area contributed by atoms with E-state index < -0.39 is 0 Å². The highest BCUT2D eigenvalue weighted by atomic mass is 79.9. The third-order valence-corrected chi connectivity index (χ3v) is 5.90. The van der Waals surface area contributed by atoms with Crippen molar-refractivity contribution >= 4 is 15.9 Å². The SMILES string of the molecule is CCCOCCOC1CC(Br)C12CCCCCC2. The van der Waals surface area contributed by atoms with E-state index in [1.807, 2.05) is 0 Å². The van der Waals surface area contributed by atoms with E-state index in [1.54, 1.807) is 0 Å². The fourth-order valence-electron chi connectivity index (χ4n) is 3.45. The molecule has 0 amide bonds. The molecule has 2 saturated carbocycles. The van der Waals surface area contributed by atoms with E-state index in [1.165, 1.54) is 44.9 Å². The maximum absolute atomic E-state index is 6.09. The van der Waals surface area contributed by atoms with Crippen molar-refractivity contribution in [3.8, 4) is 0 Å². The zero-order chi connectivity index (χ0) is 12.8. The van der Waals surface area contributed by atoms with Crippen molar-refractivity contribution in [1.29, 1.82) is 0 Å². The van der Waals surface area contributed by atoms with Crippen LogP contribution in [-0.2, 0) is 9.47 Å². The van der Waals surface area contributed by atoms with Crippen LogP contribution in [-0.4, -0.2) is 30.8 Å². The zero-order valence-electron chi connectivity index (χ0n) is 11.6. The summed E-state index contributed by atoms with van der Waals surface area (Å²) in [6.45, 7) is 4.53. The summed E-state index contributed by atoms with van der Waals surface area (Å²) in [6.07, 6.45) is 11.0. The van der Waals surface area contributed by atoms with Crippen LogP contribution in [0, 0.1) is 5.41 Å². The number of rotatable bonds is 6. The van der Waals surface area contributed by atoms with Gasteiger partial charge in [-0.3, -0.25) is 0 Å². The summed E-state index contributed by atoms with van der Waals surface area (Å²) >= 11 is 3.88. The van der Waals surface area contributed by atoms with Crippen LogP contribution in [0.15, 0.2) is 0 Å². The van der Waals surface area contributed by atoms with Crippen LogP contribution in [0.3, 0.4) is 0 Å². The lowest BCUT2D eigenvalue weighted by Crippen LogP contribution is -2.55. The maximum atomic E-state index is 6.09. The van der Waals surface area contributed by atoms with Gasteiger partial charge < -0.3 is 9.47 Å². The topological polar surface area (TPSA) is 18.5 Å². The molecule has 2 aliphatic rings.